The fourth-order valence-corrected chi connectivity index (χ4v) is 1.91. The summed E-state index contributed by atoms with van der Waals surface area (Å²) in [5.74, 6) is 0.178. The van der Waals surface area contributed by atoms with Crippen LogP contribution < -0.4 is 10.5 Å². The Morgan fingerprint density at radius 1 is 1.35 bits per heavy atom. The number of nitrogens with two attached hydrogens (primary N) is 1. The summed E-state index contributed by atoms with van der Waals surface area (Å²) in [7, 11) is 1.58. The lowest BCUT2D eigenvalue weighted by Crippen LogP contribution is -2.55. The minimum Gasteiger partial charge on any atom is -0.497 e. The zero-order valence-electron chi connectivity index (χ0n) is 11.3. The average molecular weight is 273 g/mol. The molecule has 1 aliphatic heterocycles. The van der Waals surface area contributed by atoms with Crippen LogP contribution in [0.3, 0.4) is 0 Å². The van der Waals surface area contributed by atoms with Crippen LogP contribution >= 0.6 is 0 Å². The van der Waals surface area contributed by atoms with Crippen LogP contribution in [0, 0.1) is 0 Å². The molecule has 1 aromatic carbocycles. The van der Waals surface area contributed by atoms with Crippen molar-refractivity contribution in [2.24, 2.45) is 15.9 Å². The van der Waals surface area contributed by atoms with Crippen LogP contribution in [0.2, 0.25) is 0 Å². The van der Waals surface area contributed by atoms with Crippen LogP contribution in [0.5, 0.6) is 5.75 Å². The van der Waals surface area contributed by atoms with Gasteiger partial charge in [-0.2, -0.15) is 0 Å². The van der Waals surface area contributed by atoms with Gasteiger partial charge >= 0.3 is 5.97 Å². The Hall–Kier alpha value is -2.47. The first-order valence-electron chi connectivity index (χ1n) is 5.93. The van der Waals surface area contributed by atoms with E-state index >= 15 is 0 Å². The highest BCUT2D eigenvalue weighted by atomic mass is 16.6. The van der Waals surface area contributed by atoms with E-state index in [0.717, 1.165) is 0 Å². The van der Waals surface area contributed by atoms with Gasteiger partial charge in [-0.15, -0.1) is 10.2 Å². The molecule has 0 fully saturated rings. The lowest BCUT2D eigenvalue weighted by Gasteiger charge is -2.25. The second-order valence-corrected chi connectivity index (χ2v) is 4.20. The van der Waals surface area contributed by atoms with Gasteiger partial charge in [-0.25, -0.2) is 0 Å². The minimum absolute atomic E-state index is 0.290. The molecular weight excluding hydrogens is 258 g/mol. The molecule has 1 aromatic rings. The van der Waals surface area contributed by atoms with Gasteiger partial charge in [0.05, 0.1) is 7.11 Å². The van der Waals surface area contributed by atoms with E-state index < -0.39 is 11.7 Å². The van der Waals surface area contributed by atoms with E-state index in [0.29, 0.717) is 22.7 Å². The van der Waals surface area contributed by atoms with Crippen molar-refractivity contribution in [1.29, 1.82) is 0 Å². The predicted molar refractivity (Wildman–Crippen MR) is 75.8 cm³/mol. The normalized spacial score (nSPS) is 20.9. The van der Waals surface area contributed by atoms with Crippen LogP contribution in [0.15, 0.2) is 47.1 Å². The van der Waals surface area contributed by atoms with Gasteiger partial charge in [0.1, 0.15) is 17.2 Å². The van der Waals surface area contributed by atoms with E-state index in [-0.39, 0.29) is 0 Å². The Morgan fingerprint density at radius 3 is 2.50 bits per heavy atom. The molecule has 0 saturated heterocycles. The summed E-state index contributed by atoms with van der Waals surface area (Å²) in [6.07, 6.45) is 1.42. The molecule has 1 heterocycles. The maximum absolute atomic E-state index is 11.3. The van der Waals surface area contributed by atoms with E-state index in [1.807, 2.05) is 0 Å². The van der Waals surface area contributed by atoms with Crippen molar-refractivity contribution >= 4 is 17.4 Å². The lowest BCUT2D eigenvalue weighted by molar-refractivity contribution is -0.145. The Balaban J connectivity index is 2.40. The van der Waals surface area contributed by atoms with E-state index in [1.165, 1.54) is 13.0 Å². The summed E-state index contributed by atoms with van der Waals surface area (Å²) < 4.78 is 10.3. The number of esters is 1. The van der Waals surface area contributed by atoms with Gasteiger partial charge in [0.25, 0.3) is 5.72 Å². The Bertz CT molecular complexity index is 605. The third kappa shape index (κ3) is 2.33. The molecule has 20 heavy (non-hydrogen) atoms. The zero-order chi connectivity index (χ0) is 14.8. The largest absolute Gasteiger partial charge is 0.497 e. The summed E-state index contributed by atoms with van der Waals surface area (Å²) >= 11 is 0. The smallest absolute Gasteiger partial charge is 0.305 e. The highest BCUT2D eigenvalue weighted by molar-refractivity contribution is 6.27. The number of ether oxygens (including phenoxy) is 2. The maximum atomic E-state index is 11.3. The standard InChI is InChI=1S/C14H15N3O3/c1-4-12-14(15,20-9(2)18)13(17-16-12)10-5-7-11(19-3)8-6-10/h4-8H,1,15H2,2-3H3. The predicted octanol–water partition coefficient (Wildman–Crippen LogP) is 1.26. The summed E-state index contributed by atoms with van der Waals surface area (Å²) in [6.45, 7) is 4.88. The van der Waals surface area contributed by atoms with Crippen LogP contribution in [-0.4, -0.2) is 30.2 Å². The Morgan fingerprint density at radius 2 is 2.00 bits per heavy atom. The van der Waals surface area contributed by atoms with E-state index in [1.54, 1.807) is 31.4 Å². The van der Waals surface area contributed by atoms with Crippen molar-refractivity contribution in [3.8, 4) is 5.75 Å². The third-order valence-electron chi connectivity index (χ3n) is 2.85. The molecule has 2 rings (SSSR count). The Kier molecular flexibility index (Phi) is 3.67. The third-order valence-corrected chi connectivity index (χ3v) is 2.85. The van der Waals surface area contributed by atoms with Gasteiger partial charge in [-0.1, -0.05) is 6.58 Å². The van der Waals surface area contributed by atoms with Gasteiger partial charge in [-0.05, 0) is 30.3 Å². The van der Waals surface area contributed by atoms with E-state index in [9.17, 15) is 4.79 Å². The Labute approximate surface area is 116 Å². The van der Waals surface area contributed by atoms with Crippen LogP contribution in [-0.2, 0) is 9.53 Å². The van der Waals surface area contributed by atoms with Gasteiger partial charge in [0.2, 0.25) is 0 Å². The first-order valence-corrected chi connectivity index (χ1v) is 5.93. The summed E-state index contributed by atoms with van der Waals surface area (Å²) in [5.41, 5.74) is 5.98. The number of rotatable bonds is 4. The molecule has 1 aliphatic rings. The molecule has 0 aromatic heterocycles. The highest BCUT2D eigenvalue weighted by Gasteiger charge is 2.44. The number of carbonyl (C=O) groups excluding carboxylic acids is 1. The molecule has 1 atom stereocenters. The van der Waals surface area contributed by atoms with E-state index in [4.69, 9.17) is 15.2 Å². The number of nitrogens with zero attached hydrogens (tertiary/aromatic N) is 2. The fourth-order valence-electron chi connectivity index (χ4n) is 1.91. The minimum atomic E-state index is -1.51. The molecule has 0 bridgehead atoms. The first kappa shape index (κ1) is 14.0. The summed E-state index contributed by atoms with van der Waals surface area (Å²) in [4.78, 5) is 11.3. The average Bonchev–Trinajstić information content (AvgIpc) is 2.74. The molecule has 0 amide bonds. The topological polar surface area (TPSA) is 86.3 Å². The lowest BCUT2D eigenvalue weighted by atomic mass is 9.96. The molecule has 6 nitrogen and oxygen atoms in total. The van der Waals surface area contributed by atoms with Gasteiger partial charge in [0.15, 0.2) is 0 Å². The van der Waals surface area contributed by atoms with Crippen LogP contribution in [0.25, 0.3) is 0 Å². The zero-order valence-corrected chi connectivity index (χ0v) is 11.3. The molecule has 0 aliphatic carbocycles. The van der Waals surface area contributed by atoms with Crippen molar-refractivity contribution in [3.63, 3.8) is 0 Å². The summed E-state index contributed by atoms with van der Waals surface area (Å²) in [6, 6.07) is 7.06. The van der Waals surface area contributed by atoms with Crippen molar-refractivity contribution in [3.05, 3.63) is 42.5 Å². The van der Waals surface area contributed by atoms with Crippen molar-refractivity contribution in [1.82, 2.24) is 0 Å². The first-order chi connectivity index (χ1) is 9.51. The van der Waals surface area contributed by atoms with Crippen molar-refractivity contribution < 1.29 is 14.3 Å². The highest BCUT2D eigenvalue weighted by Crippen LogP contribution is 2.24. The molecule has 2 N–H and O–H groups in total. The van der Waals surface area contributed by atoms with Gasteiger partial charge < -0.3 is 9.47 Å². The fraction of sp³-hybridized carbons (Fsp3) is 0.214. The van der Waals surface area contributed by atoms with E-state index in [2.05, 4.69) is 16.8 Å². The SMILES string of the molecule is C=CC1=NN=C(c2ccc(OC)cc2)C1(N)OC(C)=O. The van der Waals surface area contributed by atoms with Crippen LogP contribution in [0.4, 0.5) is 0 Å². The number of benzene rings is 1. The number of hydrogen-bond acceptors (Lipinski definition) is 6. The number of hydrogen-bond donors (Lipinski definition) is 1. The molecule has 6 heteroatoms. The van der Waals surface area contributed by atoms with Crippen LogP contribution in [0.1, 0.15) is 12.5 Å². The monoisotopic (exact) mass is 273 g/mol. The quantitative estimate of drug-likeness (QED) is 0.661. The van der Waals surface area contributed by atoms with Crippen molar-refractivity contribution in [2.45, 2.75) is 12.6 Å². The second kappa shape index (κ2) is 5.26. The van der Waals surface area contributed by atoms with Gasteiger partial charge in [0, 0.05) is 12.5 Å². The van der Waals surface area contributed by atoms with Crippen molar-refractivity contribution in [2.75, 3.05) is 7.11 Å². The maximum Gasteiger partial charge on any atom is 0.305 e. The molecule has 0 spiro atoms. The molecular formula is C14H15N3O3. The molecule has 1 unspecified atom stereocenters. The molecule has 0 radical (unpaired) electrons. The summed E-state index contributed by atoms with van der Waals surface area (Å²) in [5, 5.41) is 7.92. The number of carbonyl (C=O) groups is 1. The number of methoxy groups -OCH3 is 1. The van der Waals surface area contributed by atoms with Gasteiger partial charge in [-0.3, -0.25) is 10.5 Å². The second-order valence-electron chi connectivity index (χ2n) is 4.20. The molecule has 0 saturated carbocycles. The molecule has 104 valence electrons.